The van der Waals surface area contributed by atoms with E-state index in [0.717, 1.165) is 116 Å². The van der Waals surface area contributed by atoms with Crippen LogP contribution in [0.2, 0.25) is 0 Å². The Morgan fingerprint density at radius 1 is 0.313 bits per heavy atom. The van der Waals surface area contributed by atoms with Gasteiger partial charge in [0.1, 0.15) is 13.2 Å². The highest BCUT2D eigenvalue weighted by Crippen LogP contribution is 2.15. The molecule has 0 aliphatic heterocycles. The molecule has 0 saturated carbocycles. The van der Waals surface area contributed by atoms with Gasteiger partial charge in [0.2, 0.25) is 0 Å². The average molecular weight is 931 g/mol. The summed E-state index contributed by atoms with van der Waals surface area (Å²) in [6.07, 6.45) is 72.6. The maximum atomic E-state index is 12.8. The van der Waals surface area contributed by atoms with Crippen LogP contribution in [0.3, 0.4) is 0 Å². The molecule has 0 rings (SSSR count). The zero-order valence-electron chi connectivity index (χ0n) is 43.6. The fourth-order valence-corrected chi connectivity index (χ4v) is 7.49. The van der Waals surface area contributed by atoms with Crippen LogP contribution in [0.5, 0.6) is 0 Å². The van der Waals surface area contributed by atoms with Gasteiger partial charge in [0.05, 0.1) is 0 Å². The van der Waals surface area contributed by atoms with Crippen LogP contribution in [-0.4, -0.2) is 37.2 Å². The molecule has 0 saturated heterocycles. The summed E-state index contributed by atoms with van der Waals surface area (Å²) >= 11 is 0. The Morgan fingerprint density at radius 3 is 0.970 bits per heavy atom. The SMILES string of the molecule is CC/C=C\C/C=C\C/C=C\C/C=C\C/C=C\CCCC(=O)OC[C@@H](COC(=O)CCCCCCC/C=C\C/C=C\C/C=C\CC)OC(=O)CCCCCCCCCCCCCCCCCCC. The van der Waals surface area contributed by atoms with Crippen LogP contribution < -0.4 is 0 Å². The summed E-state index contributed by atoms with van der Waals surface area (Å²) in [6.45, 7) is 6.36. The molecule has 382 valence electrons. The van der Waals surface area contributed by atoms with Crippen LogP contribution in [-0.2, 0) is 28.6 Å². The first kappa shape index (κ1) is 63.3. The van der Waals surface area contributed by atoms with Crippen LogP contribution in [0.25, 0.3) is 0 Å². The molecule has 0 aromatic rings. The van der Waals surface area contributed by atoms with Gasteiger partial charge < -0.3 is 14.2 Å². The average Bonchev–Trinajstić information content (AvgIpc) is 3.33. The Labute approximate surface area is 413 Å². The Balaban J connectivity index is 4.49. The van der Waals surface area contributed by atoms with Crippen LogP contribution in [0.1, 0.15) is 252 Å². The number of rotatable bonds is 49. The number of carbonyl (C=O) groups is 3. The number of carbonyl (C=O) groups excluding carboxylic acids is 3. The van der Waals surface area contributed by atoms with E-state index in [9.17, 15) is 14.4 Å². The van der Waals surface area contributed by atoms with Gasteiger partial charge in [0.25, 0.3) is 0 Å². The smallest absolute Gasteiger partial charge is 0.306 e. The summed E-state index contributed by atoms with van der Waals surface area (Å²) in [4.78, 5) is 38.1. The van der Waals surface area contributed by atoms with Crippen LogP contribution in [0.15, 0.2) is 97.2 Å². The predicted molar refractivity (Wildman–Crippen MR) is 288 cm³/mol. The molecule has 1 atom stereocenters. The molecule has 0 radical (unpaired) electrons. The fraction of sp³-hybridized carbons (Fsp3) is 0.689. The van der Waals surface area contributed by atoms with Gasteiger partial charge in [-0.15, -0.1) is 0 Å². The molecule has 0 bridgehead atoms. The number of esters is 3. The molecule has 6 nitrogen and oxygen atoms in total. The minimum absolute atomic E-state index is 0.103. The Hall–Kier alpha value is -3.67. The molecule has 0 heterocycles. The van der Waals surface area contributed by atoms with E-state index in [2.05, 4.69) is 118 Å². The monoisotopic (exact) mass is 931 g/mol. The maximum absolute atomic E-state index is 12.8. The summed E-state index contributed by atoms with van der Waals surface area (Å²) < 4.78 is 16.8. The third kappa shape index (κ3) is 53.2. The fourth-order valence-electron chi connectivity index (χ4n) is 7.49. The Bertz CT molecular complexity index is 1350. The van der Waals surface area contributed by atoms with Crippen molar-refractivity contribution in [3.63, 3.8) is 0 Å². The molecule has 0 unspecified atom stereocenters. The molecular weight excluding hydrogens is 829 g/mol. The van der Waals surface area contributed by atoms with Gasteiger partial charge in [-0.25, -0.2) is 0 Å². The maximum Gasteiger partial charge on any atom is 0.306 e. The standard InChI is InChI=1S/C61H102O6/c1-4-7-10-13-16-19-22-25-28-30-33-36-39-42-45-48-51-54-60(63)66-57-58(56-65-59(62)53-50-47-44-41-38-35-32-27-24-21-18-15-12-9-6-3)67-61(64)55-52-49-46-43-40-37-34-31-29-26-23-20-17-14-11-8-5-2/h7,9-10,12,16,18-19,21,25,27-28,32-33,36,42,45,58H,4-6,8,11,13-15,17,20,22-24,26,29-31,34-35,37-41,43-44,46-57H2,1-3H3/b10-7-,12-9-,19-16-,21-18-,28-25-,32-27-,36-33-,45-42-/t58-/m1/s1. The van der Waals surface area contributed by atoms with Gasteiger partial charge in [-0.3, -0.25) is 14.4 Å². The first-order valence-electron chi connectivity index (χ1n) is 27.7. The minimum atomic E-state index is -0.807. The van der Waals surface area contributed by atoms with E-state index in [4.69, 9.17) is 14.2 Å². The number of ether oxygens (including phenoxy) is 3. The van der Waals surface area contributed by atoms with Crippen molar-refractivity contribution < 1.29 is 28.6 Å². The topological polar surface area (TPSA) is 78.9 Å². The molecule has 0 aliphatic carbocycles. The quantitative estimate of drug-likeness (QED) is 0.0262. The Morgan fingerprint density at radius 2 is 0.597 bits per heavy atom. The lowest BCUT2D eigenvalue weighted by Gasteiger charge is -2.18. The van der Waals surface area contributed by atoms with E-state index in [0.29, 0.717) is 19.3 Å². The van der Waals surface area contributed by atoms with E-state index in [-0.39, 0.29) is 37.5 Å². The van der Waals surface area contributed by atoms with Crippen molar-refractivity contribution in [2.75, 3.05) is 13.2 Å². The van der Waals surface area contributed by atoms with Gasteiger partial charge in [0.15, 0.2) is 6.10 Å². The minimum Gasteiger partial charge on any atom is -0.462 e. The van der Waals surface area contributed by atoms with Crippen molar-refractivity contribution in [3.05, 3.63) is 97.2 Å². The van der Waals surface area contributed by atoms with Crippen LogP contribution in [0, 0.1) is 0 Å². The summed E-state index contributed by atoms with van der Waals surface area (Å²) in [5.41, 5.74) is 0. The largest absolute Gasteiger partial charge is 0.462 e. The van der Waals surface area contributed by atoms with Crippen LogP contribution in [0.4, 0.5) is 0 Å². The Kier molecular flexibility index (Phi) is 51.9. The van der Waals surface area contributed by atoms with Gasteiger partial charge in [-0.2, -0.15) is 0 Å². The van der Waals surface area contributed by atoms with E-state index >= 15 is 0 Å². The molecule has 6 heteroatoms. The lowest BCUT2D eigenvalue weighted by Crippen LogP contribution is -2.30. The third-order valence-corrected chi connectivity index (χ3v) is 11.6. The number of allylic oxidation sites excluding steroid dienone is 16. The summed E-state index contributed by atoms with van der Waals surface area (Å²) in [5, 5.41) is 0. The highest BCUT2D eigenvalue weighted by atomic mass is 16.6. The molecule has 0 N–H and O–H groups in total. The van der Waals surface area contributed by atoms with Crippen molar-refractivity contribution in [2.24, 2.45) is 0 Å². The summed E-state index contributed by atoms with van der Waals surface area (Å²) in [6, 6.07) is 0. The zero-order valence-corrected chi connectivity index (χ0v) is 43.6. The summed E-state index contributed by atoms with van der Waals surface area (Å²) in [5.74, 6) is -0.975. The first-order valence-corrected chi connectivity index (χ1v) is 27.7. The zero-order chi connectivity index (χ0) is 48.6. The van der Waals surface area contributed by atoms with Crippen molar-refractivity contribution in [1.82, 2.24) is 0 Å². The van der Waals surface area contributed by atoms with Crippen molar-refractivity contribution >= 4 is 17.9 Å². The highest BCUT2D eigenvalue weighted by molar-refractivity contribution is 5.71. The summed E-state index contributed by atoms with van der Waals surface area (Å²) in [7, 11) is 0. The van der Waals surface area contributed by atoms with Crippen molar-refractivity contribution in [1.29, 1.82) is 0 Å². The molecule has 0 aromatic carbocycles. The molecule has 0 aromatic heterocycles. The molecule has 0 amide bonds. The molecule has 0 aliphatic rings. The lowest BCUT2D eigenvalue weighted by molar-refractivity contribution is -0.167. The van der Waals surface area contributed by atoms with Crippen molar-refractivity contribution in [2.45, 2.75) is 258 Å². The van der Waals surface area contributed by atoms with Crippen molar-refractivity contribution in [3.8, 4) is 0 Å². The predicted octanol–water partition coefficient (Wildman–Crippen LogP) is 18.5. The van der Waals surface area contributed by atoms with Gasteiger partial charge in [0, 0.05) is 19.3 Å². The van der Waals surface area contributed by atoms with E-state index in [1.54, 1.807) is 0 Å². The number of unbranched alkanes of at least 4 members (excludes halogenated alkanes) is 22. The highest BCUT2D eigenvalue weighted by Gasteiger charge is 2.19. The van der Waals surface area contributed by atoms with E-state index < -0.39 is 6.10 Å². The molecule has 0 spiro atoms. The third-order valence-electron chi connectivity index (χ3n) is 11.6. The first-order chi connectivity index (χ1) is 33.0. The molecular formula is C61H102O6. The van der Waals surface area contributed by atoms with E-state index in [1.165, 1.54) is 89.9 Å². The lowest BCUT2D eigenvalue weighted by atomic mass is 10.0. The van der Waals surface area contributed by atoms with Gasteiger partial charge in [-0.05, 0) is 89.9 Å². The molecule has 0 fully saturated rings. The normalized spacial score (nSPS) is 12.8. The number of hydrogen-bond donors (Lipinski definition) is 0. The van der Waals surface area contributed by atoms with Gasteiger partial charge >= 0.3 is 17.9 Å². The van der Waals surface area contributed by atoms with E-state index in [1.807, 2.05) is 0 Å². The molecule has 67 heavy (non-hydrogen) atoms. The second-order valence-electron chi connectivity index (χ2n) is 18.1. The van der Waals surface area contributed by atoms with Gasteiger partial charge in [-0.1, -0.05) is 240 Å². The second kappa shape index (κ2) is 54.9. The van der Waals surface area contributed by atoms with Crippen LogP contribution >= 0.6 is 0 Å². The number of hydrogen-bond acceptors (Lipinski definition) is 6. The second-order valence-corrected chi connectivity index (χ2v) is 18.1.